The average molecular weight is 520 g/mol. The van der Waals surface area contributed by atoms with Crippen molar-refractivity contribution in [1.82, 2.24) is 10.0 Å². The monoisotopic (exact) mass is 519 g/mol. The number of anilines is 1. The second kappa shape index (κ2) is 10.7. The number of ether oxygens (including phenoxy) is 1. The summed E-state index contributed by atoms with van der Waals surface area (Å²) in [7, 11) is -3.51. The third kappa shape index (κ3) is 6.18. The van der Waals surface area contributed by atoms with Crippen molar-refractivity contribution in [1.29, 1.82) is 0 Å². The molecular formula is C28H29N3O5S. The highest BCUT2D eigenvalue weighted by Gasteiger charge is 2.33. The largest absolute Gasteiger partial charge is 0.477 e. The van der Waals surface area contributed by atoms with Gasteiger partial charge in [-0.15, -0.1) is 0 Å². The van der Waals surface area contributed by atoms with Crippen LogP contribution < -0.4 is 19.7 Å². The molecule has 9 heteroatoms. The Hall–Kier alpha value is -3.69. The van der Waals surface area contributed by atoms with Crippen LogP contribution in [0.15, 0.2) is 83.8 Å². The van der Waals surface area contributed by atoms with Crippen molar-refractivity contribution >= 4 is 27.5 Å². The Labute approximate surface area is 216 Å². The molecule has 2 aliphatic rings. The number of fused-ring (bicyclic) bond motifs is 1. The summed E-state index contributed by atoms with van der Waals surface area (Å²) in [5.74, 6) is 0.0659. The fourth-order valence-corrected chi connectivity index (χ4v) is 5.52. The maximum Gasteiger partial charge on any atom is 0.263 e. The summed E-state index contributed by atoms with van der Waals surface area (Å²) in [5.41, 5.74) is 2.46. The minimum atomic E-state index is -3.51. The molecule has 2 N–H and O–H groups in total. The normalized spacial score (nSPS) is 17.0. The smallest absolute Gasteiger partial charge is 0.263 e. The van der Waals surface area contributed by atoms with Crippen LogP contribution in [0.5, 0.6) is 5.75 Å². The van der Waals surface area contributed by atoms with E-state index in [0.29, 0.717) is 24.4 Å². The number of nitrogens with one attached hydrogen (secondary N) is 2. The fraction of sp³-hybridized carbons (Fsp3) is 0.286. The quantitative estimate of drug-likeness (QED) is 0.452. The Balaban J connectivity index is 1.22. The number of nitrogens with zero attached hydrogens (tertiary/aromatic N) is 1. The lowest BCUT2D eigenvalue weighted by Crippen LogP contribution is -2.50. The second-order valence-electron chi connectivity index (χ2n) is 9.32. The minimum Gasteiger partial charge on any atom is -0.477 e. The van der Waals surface area contributed by atoms with E-state index in [9.17, 15) is 18.0 Å². The molecule has 37 heavy (non-hydrogen) atoms. The zero-order valence-electron chi connectivity index (χ0n) is 20.3. The lowest BCUT2D eigenvalue weighted by molar-refractivity contribution is -0.128. The number of rotatable bonds is 9. The highest BCUT2D eigenvalue weighted by atomic mass is 32.2. The number of carbonyl (C=O) groups excluding carboxylic acids is 2. The maximum atomic E-state index is 13.3. The molecule has 1 saturated carbocycles. The number of amides is 2. The second-order valence-corrected chi connectivity index (χ2v) is 11.0. The molecule has 0 spiro atoms. The predicted octanol–water partition coefficient (Wildman–Crippen LogP) is 3.17. The van der Waals surface area contributed by atoms with Gasteiger partial charge in [-0.05, 0) is 54.7 Å². The number of carbonyl (C=O) groups is 2. The molecule has 1 aliphatic heterocycles. The van der Waals surface area contributed by atoms with Crippen LogP contribution in [-0.4, -0.2) is 38.9 Å². The average Bonchev–Trinajstić information content (AvgIpc) is 3.74. The van der Waals surface area contributed by atoms with E-state index in [1.54, 1.807) is 47.4 Å². The first-order chi connectivity index (χ1) is 17.9. The third-order valence-electron chi connectivity index (χ3n) is 6.44. The van der Waals surface area contributed by atoms with Gasteiger partial charge in [0.25, 0.3) is 5.91 Å². The van der Waals surface area contributed by atoms with E-state index >= 15 is 0 Å². The van der Waals surface area contributed by atoms with E-state index in [-0.39, 0.29) is 35.7 Å². The molecule has 192 valence electrons. The van der Waals surface area contributed by atoms with Gasteiger partial charge in [0.2, 0.25) is 15.9 Å². The molecule has 1 aliphatic carbocycles. The van der Waals surface area contributed by atoms with Gasteiger partial charge in [0.1, 0.15) is 5.75 Å². The van der Waals surface area contributed by atoms with Crippen LogP contribution in [0.2, 0.25) is 0 Å². The molecular weight excluding hydrogens is 490 g/mol. The Morgan fingerprint density at radius 2 is 1.59 bits per heavy atom. The lowest BCUT2D eigenvalue weighted by atomic mass is 10.1. The van der Waals surface area contributed by atoms with E-state index < -0.39 is 16.1 Å². The Morgan fingerprint density at radius 3 is 2.32 bits per heavy atom. The number of aryl methyl sites for hydroxylation is 1. The molecule has 0 bridgehead atoms. The molecule has 3 aromatic carbocycles. The van der Waals surface area contributed by atoms with E-state index in [1.165, 1.54) is 0 Å². The summed E-state index contributed by atoms with van der Waals surface area (Å²) in [4.78, 5) is 28.0. The van der Waals surface area contributed by atoms with Crippen LogP contribution in [0.4, 0.5) is 5.69 Å². The zero-order valence-corrected chi connectivity index (χ0v) is 21.1. The number of benzene rings is 3. The van der Waals surface area contributed by atoms with Gasteiger partial charge in [-0.1, -0.05) is 54.6 Å². The molecule has 1 atom stereocenters. The topological polar surface area (TPSA) is 105 Å². The van der Waals surface area contributed by atoms with Gasteiger partial charge in [-0.3, -0.25) is 9.59 Å². The van der Waals surface area contributed by atoms with Crippen LogP contribution in [0, 0.1) is 0 Å². The van der Waals surface area contributed by atoms with Gasteiger partial charge >= 0.3 is 0 Å². The Bertz CT molecular complexity index is 1370. The van der Waals surface area contributed by atoms with Gasteiger partial charge in [-0.2, -0.15) is 0 Å². The van der Waals surface area contributed by atoms with Gasteiger partial charge < -0.3 is 15.0 Å². The first kappa shape index (κ1) is 25.0. The molecule has 0 aromatic heterocycles. The molecule has 0 unspecified atom stereocenters. The minimum absolute atomic E-state index is 0.0444. The van der Waals surface area contributed by atoms with Crippen molar-refractivity contribution < 1.29 is 22.7 Å². The number of para-hydroxylation sites is 2. The van der Waals surface area contributed by atoms with Gasteiger partial charge in [0.05, 0.1) is 17.1 Å². The van der Waals surface area contributed by atoms with E-state index in [4.69, 9.17) is 4.74 Å². The first-order valence-corrected chi connectivity index (χ1v) is 13.9. The summed E-state index contributed by atoms with van der Waals surface area (Å²) in [6, 6.07) is 23.4. The molecule has 0 saturated heterocycles. The van der Waals surface area contributed by atoms with Crippen molar-refractivity contribution in [2.45, 2.75) is 49.3 Å². The number of hydrogen-bond donors (Lipinski definition) is 2. The maximum absolute atomic E-state index is 13.3. The molecule has 1 heterocycles. The van der Waals surface area contributed by atoms with E-state index in [0.717, 1.165) is 24.0 Å². The third-order valence-corrected chi connectivity index (χ3v) is 7.97. The fourth-order valence-electron chi connectivity index (χ4n) is 4.22. The molecule has 2 amide bonds. The van der Waals surface area contributed by atoms with Crippen molar-refractivity contribution in [3.63, 3.8) is 0 Å². The highest BCUT2D eigenvalue weighted by molar-refractivity contribution is 7.89. The molecule has 8 nitrogen and oxygen atoms in total. The summed E-state index contributed by atoms with van der Waals surface area (Å²) in [6.07, 6.45) is 1.57. The lowest BCUT2D eigenvalue weighted by Gasteiger charge is -2.34. The van der Waals surface area contributed by atoms with Crippen LogP contribution in [0.1, 0.15) is 30.4 Å². The molecule has 1 fully saturated rings. The molecule has 5 rings (SSSR count). The standard InChI is InChI=1S/C28H29N3O5S/c32-27(17-12-20-10-15-23(16-11-20)37(34,35)30-22-13-14-22)31-19-26(36-25-9-5-4-8-24(25)31)28(33)29-18-21-6-2-1-3-7-21/h1-11,15-16,22,26,30H,12-14,17-19H2,(H,29,33)/t26-/m1/s1. The van der Waals surface area contributed by atoms with Crippen molar-refractivity contribution in [3.8, 4) is 5.75 Å². The highest BCUT2D eigenvalue weighted by Crippen LogP contribution is 2.33. The van der Waals surface area contributed by atoms with Crippen LogP contribution in [0.3, 0.4) is 0 Å². The van der Waals surface area contributed by atoms with E-state index in [1.807, 2.05) is 36.4 Å². The van der Waals surface area contributed by atoms with Gasteiger partial charge in [0.15, 0.2) is 6.10 Å². The van der Waals surface area contributed by atoms with Crippen molar-refractivity contribution in [2.75, 3.05) is 11.4 Å². The summed E-state index contributed by atoms with van der Waals surface area (Å²) >= 11 is 0. The summed E-state index contributed by atoms with van der Waals surface area (Å²) < 4.78 is 33.4. The zero-order chi connectivity index (χ0) is 25.8. The van der Waals surface area contributed by atoms with Crippen LogP contribution in [-0.2, 0) is 32.6 Å². The first-order valence-electron chi connectivity index (χ1n) is 12.4. The summed E-state index contributed by atoms with van der Waals surface area (Å²) in [5, 5.41) is 2.89. The molecule has 0 radical (unpaired) electrons. The molecule has 3 aromatic rings. The Morgan fingerprint density at radius 1 is 0.892 bits per heavy atom. The number of sulfonamides is 1. The van der Waals surface area contributed by atoms with Crippen molar-refractivity contribution in [3.05, 3.63) is 90.0 Å². The predicted molar refractivity (Wildman–Crippen MR) is 140 cm³/mol. The number of hydrogen-bond acceptors (Lipinski definition) is 5. The van der Waals surface area contributed by atoms with Gasteiger partial charge in [0, 0.05) is 19.0 Å². The van der Waals surface area contributed by atoms with Crippen molar-refractivity contribution in [2.24, 2.45) is 0 Å². The van der Waals surface area contributed by atoms with Crippen LogP contribution in [0.25, 0.3) is 0 Å². The SMILES string of the molecule is O=C(NCc1ccccc1)[C@H]1CN(C(=O)CCc2ccc(S(=O)(=O)NC3CC3)cc2)c2ccccc2O1. The Kier molecular flexibility index (Phi) is 7.25. The summed E-state index contributed by atoms with van der Waals surface area (Å²) in [6.45, 7) is 0.484. The van der Waals surface area contributed by atoms with Crippen LogP contribution >= 0.6 is 0 Å². The van der Waals surface area contributed by atoms with E-state index in [2.05, 4.69) is 10.0 Å². The van der Waals surface area contributed by atoms with Gasteiger partial charge in [-0.25, -0.2) is 13.1 Å².